The summed E-state index contributed by atoms with van der Waals surface area (Å²) in [4.78, 5) is 12.7. The van der Waals surface area contributed by atoms with Gasteiger partial charge >= 0.3 is 0 Å². The number of carbonyl (C=O) groups is 1. The molecule has 0 radical (unpaired) electrons. The summed E-state index contributed by atoms with van der Waals surface area (Å²) in [5.74, 6) is 0.130. The van der Waals surface area contributed by atoms with E-state index in [4.69, 9.17) is 11.6 Å². The molecule has 0 amide bonds. The molecule has 0 saturated heterocycles. The molecule has 0 N–H and O–H groups in total. The van der Waals surface area contributed by atoms with Crippen molar-refractivity contribution in [3.8, 4) is 0 Å². The van der Waals surface area contributed by atoms with Gasteiger partial charge in [-0.15, -0.1) is 11.3 Å². The molecule has 0 saturated carbocycles. The van der Waals surface area contributed by atoms with Crippen molar-refractivity contribution >= 4 is 28.7 Å². The first kappa shape index (κ1) is 12.3. The second-order valence-corrected chi connectivity index (χ2v) is 5.84. The molecule has 17 heavy (non-hydrogen) atoms. The Morgan fingerprint density at radius 2 is 1.94 bits per heavy atom. The molecule has 3 heteroatoms. The molecule has 0 atom stereocenters. The van der Waals surface area contributed by atoms with Gasteiger partial charge < -0.3 is 0 Å². The molecule has 0 aliphatic carbocycles. The van der Waals surface area contributed by atoms with Gasteiger partial charge in [-0.25, -0.2) is 0 Å². The van der Waals surface area contributed by atoms with Crippen molar-refractivity contribution in [3.05, 3.63) is 56.2 Å². The fourth-order valence-electron chi connectivity index (χ4n) is 1.65. The van der Waals surface area contributed by atoms with E-state index in [2.05, 4.69) is 26.0 Å². The lowest BCUT2D eigenvalue weighted by Gasteiger charge is -2.03. The van der Waals surface area contributed by atoms with Gasteiger partial charge in [-0.3, -0.25) is 4.79 Å². The standard InChI is InChI=1S/C14H13ClOS/c1-9-3-4-11(7-10(9)2)8-12(16)13-5-6-14(15)17-13/h3-7H,8H2,1-2H3. The molecule has 2 rings (SSSR count). The van der Waals surface area contributed by atoms with Gasteiger partial charge in [-0.2, -0.15) is 0 Å². The lowest BCUT2D eigenvalue weighted by atomic mass is 10.0. The third-order valence-corrected chi connectivity index (χ3v) is 4.06. The fraction of sp³-hybridized carbons (Fsp3) is 0.214. The topological polar surface area (TPSA) is 17.1 Å². The van der Waals surface area contributed by atoms with Gasteiger partial charge in [-0.05, 0) is 42.7 Å². The van der Waals surface area contributed by atoms with Crippen molar-refractivity contribution in [3.63, 3.8) is 0 Å². The van der Waals surface area contributed by atoms with Crippen LogP contribution in [0.3, 0.4) is 0 Å². The van der Waals surface area contributed by atoms with Gasteiger partial charge in [-0.1, -0.05) is 29.8 Å². The van der Waals surface area contributed by atoms with E-state index in [1.165, 1.54) is 22.5 Å². The van der Waals surface area contributed by atoms with Gasteiger partial charge in [0.1, 0.15) is 0 Å². The zero-order valence-electron chi connectivity index (χ0n) is 9.79. The Labute approximate surface area is 110 Å². The average molecular weight is 265 g/mol. The highest BCUT2D eigenvalue weighted by Gasteiger charge is 2.10. The summed E-state index contributed by atoms with van der Waals surface area (Å²) >= 11 is 7.16. The van der Waals surface area contributed by atoms with Crippen LogP contribution in [0, 0.1) is 13.8 Å². The summed E-state index contributed by atoms with van der Waals surface area (Å²) in [6, 6.07) is 9.69. The van der Waals surface area contributed by atoms with E-state index in [1.807, 2.05) is 6.07 Å². The maximum Gasteiger partial charge on any atom is 0.177 e. The van der Waals surface area contributed by atoms with E-state index >= 15 is 0 Å². The molecule has 1 aromatic heterocycles. The zero-order valence-corrected chi connectivity index (χ0v) is 11.4. The zero-order chi connectivity index (χ0) is 12.4. The molecule has 0 aliphatic rings. The molecule has 0 fully saturated rings. The molecule has 1 heterocycles. The third-order valence-electron chi connectivity index (χ3n) is 2.78. The Balaban J connectivity index is 2.15. The lowest BCUT2D eigenvalue weighted by molar-refractivity contribution is 0.0997. The Kier molecular flexibility index (Phi) is 3.65. The first-order valence-corrected chi connectivity index (χ1v) is 6.60. The molecule has 1 nitrogen and oxygen atoms in total. The summed E-state index contributed by atoms with van der Waals surface area (Å²) in [6.45, 7) is 4.13. The van der Waals surface area contributed by atoms with Crippen LogP contribution in [0.4, 0.5) is 0 Å². The molecule has 0 aliphatic heterocycles. The van der Waals surface area contributed by atoms with E-state index in [-0.39, 0.29) is 5.78 Å². The number of ketones is 1. The predicted octanol–water partition coefficient (Wildman–Crippen LogP) is 4.44. The minimum absolute atomic E-state index is 0.130. The Bertz CT molecular complexity index is 557. The number of thiophene rings is 1. The number of hydrogen-bond donors (Lipinski definition) is 0. The molecule has 0 unspecified atom stereocenters. The molecular formula is C14H13ClOS. The molecule has 2 aromatic rings. The number of rotatable bonds is 3. The van der Waals surface area contributed by atoms with E-state index in [0.717, 1.165) is 10.4 Å². The van der Waals surface area contributed by atoms with E-state index < -0.39 is 0 Å². The van der Waals surface area contributed by atoms with Crippen LogP contribution in [-0.4, -0.2) is 5.78 Å². The number of aryl methyl sites for hydroxylation is 2. The van der Waals surface area contributed by atoms with Crippen molar-refractivity contribution in [2.24, 2.45) is 0 Å². The second kappa shape index (κ2) is 5.03. The Morgan fingerprint density at radius 3 is 2.53 bits per heavy atom. The molecule has 0 spiro atoms. The molecule has 0 bridgehead atoms. The molecule has 1 aromatic carbocycles. The Morgan fingerprint density at radius 1 is 1.18 bits per heavy atom. The summed E-state index contributed by atoms with van der Waals surface area (Å²) in [7, 11) is 0. The van der Waals surface area contributed by atoms with Crippen LogP contribution >= 0.6 is 22.9 Å². The van der Waals surface area contributed by atoms with Crippen LogP contribution in [0.15, 0.2) is 30.3 Å². The maximum absolute atomic E-state index is 12.0. The van der Waals surface area contributed by atoms with Crippen LogP contribution in [-0.2, 0) is 6.42 Å². The summed E-state index contributed by atoms with van der Waals surface area (Å²) in [5, 5.41) is 0. The monoisotopic (exact) mass is 264 g/mol. The van der Waals surface area contributed by atoms with Crippen LogP contribution < -0.4 is 0 Å². The van der Waals surface area contributed by atoms with Crippen molar-refractivity contribution in [2.45, 2.75) is 20.3 Å². The quantitative estimate of drug-likeness (QED) is 0.749. The third kappa shape index (κ3) is 2.96. The maximum atomic E-state index is 12.0. The summed E-state index contributed by atoms with van der Waals surface area (Å²) in [6.07, 6.45) is 0.442. The smallest absolute Gasteiger partial charge is 0.177 e. The largest absolute Gasteiger partial charge is 0.293 e. The SMILES string of the molecule is Cc1ccc(CC(=O)c2ccc(Cl)s2)cc1C. The minimum Gasteiger partial charge on any atom is -0.293 e. The number of hydrogen-bond acceptors (Lipinski definition) is 2. The second-order valence-electron chi connectivity index (χ2n) is 4.12. The van der Waals surface area contributed by atoms with Gasteiger partial charge in [0.15, 0.2) is 5.78 Å². The van der Waals surface area contributed by atoms with Crippen LogP contribution in [0.5, 0.6) is 0 Å². The van der Waals surface area contributed by atoms with Gasteiger partial charge in [0.25, 0.3) is 0 Å². The lowest BCUT2D eigenvalue weighted by Crippen LogP contribution is -2.01. The number of halogens is 1. The van der Waals surface area contributed by atoms with Crippen LogP contribution in [0.1, 0.15) is 26.4 Å². The highest BCUT2D eigenvalue weighted by atomic mass is 35.5. The summed E-state index contributed by atoms with van der Waals surface area (Å²) in [5.41, 5.74) is 3.53. The van der Waals surface area contributed by atoms with E-state index in [1.54, 1.807) is 12.1 Å². The fourth-order valence-corrected chi connectivity index (χ4v) is 2.63. The van der Waals surface area contributed by atoms with Crippen molar-refractivity contribution in [2.75, 3.05) is 0 Å². The highest BCUT2D eigenvalue weighted by molar-refractivity contribution is 7.18. The number of Topliss-reactive ketones (excluding diaryl/α,β-unsaturated/α-hetero) is 1. The normalized spacial score (nSPS) is 10.5. The highest BCUT2D eigenvalue weighted by Crippen LogP contribution is 2.23. The first-order valence-electron chi connectivity index (χ1n) is 5.41. The first-order chi connectivity index (χ1) is 8.06. The van der Waals surface area contributed by atoms with Crippen molar-refractivity contribution in [1.82, 2.24) is 0 Å². The van der Waals surface area contributed by atoms with Gasteiger partial charge in [0.2, 0.25) is 0 Å². The number of benzene rings is 1. The number of carbonyl (C=O) groups excluding carboxylic acids is 1. The molecular weight excluding hydrogens is 252 g/mol. The van der Waals surface area contributed by atoms with E-state index in [9.17, 15) is 4.79 Å². The van der Waals surface area contributed by atoms with Crippen LogP contribution in [0.2, 0.25) is 4.34 Å². The van der Waals surface area contributed by atoms with Gasteiger partial charge in [0, 0.05) is 6.42 Å². The van der Waals surface area contributed by atoms with Crippen molar-refractivity contribution in [1.29, 1.82) is 0 Å². The minimum atomic E-state index is 0.130. The van der Waals surface area contributed by atoms with Crippen molar-refractivity contribution < 1.29 is 4.79 Å². The van der Waals surface area contributed by atoms with Gasteiger partial charge in [0.05, 0.1) is 9.21 Å². The van der Waals surface area contributed by atoms with Crippen LogP contribution in [0.25, 0.3) is 0 Å². The molecule has 88 valence electrons. The average Bonchev–Trinajstić information content (AvgIpc) is 2.70. The Hall–Kier alpha value is -1.12. The van der Waals surface area contributed by atoms with E-state index in [0.29, 0.717) is 10.8 Å². The predicted molar refractivity (Wildman–Crippen MR) is 73.3 cm³/mol. The summed E-state index contributed by atoms with van der Waals surface area (Å²) < 4.78 is 0.661.